The molecule has 0 aliphatic carbocycles. The zero-order valence-electron chi connectivity index (χ0n) is 15.9. The van der Waals surface area contributed by atoms with Gasteiger partial charge in [-0.1, -0.05) is 18.2 Å². The first-order valence-corrected chi connectivity index (χ1v) is 8.78. The van der Waals surface area contributed by atoms with Crippen LogP contribution in [0, 0.1) is 13.8 Å². The quantitative estimate of drug-likeness (QED) is 0.625. The van der Waals surface area contributed by atoms with Crippen molar-refractivity contribution in [1.29, 1.82) is 0 Å². The monoisotopic (exact) mass is 375 g/mol. The molecule has 0 aliphatic rings. The Morgan fingerprint density at radius 1 is 0.857 bits per heavy atom. The average Bonchev–Trinajstić information content (AvgIpc) is 2.64. The topological polar surface area (TPSA) is 96.0 Å². The molecule has 2 amide bonds. The van der Waals surface area contributed by atoms with Crippen molar-refractivity contribution in [3.63, 3.8) is 0 Å². The van der Waals surface area contributed by atoms with Gasteiger partial charge in [0.15, 0.2) is 0 Å². The lowest BCUT2D eigenvalue weighted by atomic mass is 10.2. The summed E-state index contributed by atoms with van der Waals surface area (Å²) in [6.07, 6.45) is 0. The summed E-state index contributed by atoms with van der Waals surface area (Å²) in [5.41, 5.74) is 3.51. The van der Waals surface area contributed by atoms with E-state index in [9.17, 15) is 9.59 Å². The van der Waals surface area contributed by atoms with Crippen molar-refractivity contribution in [3.8, 4) is 0 Å². The highest BCUT2D eigenvalue weighted by molar-refractivity contribution is 6.03. The van der Waals surface area contributed by atoms with Crippen molar-refractivity contribution in [1.82, 2.24) is 9.97 Å². The van der Waals surface area contributed by atoms with E-state index < -0.39 is 0 Å². The SMILES string of the molecule is CC(=O)Nc1ccc(NC(=O)c2cc(Nc3ccccc3C)nc(C)n2)cc1. The van der Waals surface area contributed by atoms with Gasteiger partial charge in [0.2, 0.25) is 5.91 Å². The molecule has 1 aromatic heterocycles. The maximum absolute atomic E-state index is 12.6. The number of anilines is 4. The minimum Gasteiger partial charge on any atom is -0.340 e. The van der Waals surface area contributed by atoms with Gasteiger partial charge in [0, 0.05) is 30.1 Å². The van der Waals surface area contributed by atoms with Crippen molar-refractivity contribution >= 4 is 34.7 Å². The normalized spacial score (nSPS) is 10.2. The molecule has 28 heavy (non-hydrogen) atoms. The number of benzene rings is 2. The van der Waals surface area contributed by atoms with Crippen LogP contribution in [-0.2, 0) is 4.79 Å². The van der Waals surface area contributed by atoms with Crippen LogP contribution in [0.2, 0.25) is 0 Å². The van der Waals surface area contributed by atoms with Gasteiger partial charge >= 0.3 is 0 Å². The Morgan fingerprint density at radius 3 is 2.14 bits per heavy atom. The highest BCUT2D eigenvalue weighted by Gasteiger charge is 2.12. The van der Waals surface area contributed by atoms with Crippen molar-refractivity contribution < 1.29 is 9.59 Å². The third-order valence-corrected chi connectivity index (χ3v) is 3.94. The molecule has 3 rings (SSSR count). The lowest BCUT2D eigenvalue weighted by Crippen LogP contribution is -2.15. The summed E-state index contributed by atoms with van der Waals surface area (Å²) in [6, 6.07) is 16.3. The molecule has 0 atom stereocenters. The van der Waals surface area contributed by atoms with E-state index in [0.29, 0.717) is 23.0 Å². The van der Waals surface area contributed by atoms with Gasteiger partial charge in [-0.15, -0.1) is 0 Å². The van der Waals surface area contributed by atoms with Crippen molar-refractivity contribution in [2.24, 2.45) is 0 Å². The zero-order valence-corrected chi connectivity index (χ0v) is 15.9. The van der Waals surface area contributed by atoms with E-state index in [0.717, 1.165) is 11.3 Å². The fourth-order valence-corrected chi connectivity index (χ4v) is 2.63. The molecule has 1 heterocycles. The van der Waals surface area contributed by atoms with Crippen LogP contribution in [-0.4, -0.2) is 21.8 Å². The Kier molecular flexibility index (Phi) is 5.64. The summed E-state index contributed by atoms with van der Waals surface area (Å²) < 4.78 is 0. The summed E-state index contributed by atoms with van der Waals surface area (Å²) in [4.78, 5) is 32.3. The molecule has 7 nitrogen and oxygen atoms in total. The molecule has 142 valence electrons. The van der Waals surface area contributed by atoms with Crippen LogP contribution in [0.3, 0.4) is 0 Å². The molecule has 0 bridgehead atoms. The summed E-state index contributed by atoms with van der Waals surface area (Å²) in [5, 5.41) is 8.70. The van der Waals surface area contributed by atoms with Gasteiger partial charge in [0.1, 0.15) is 17.3 Å². The van der Waals surface area contributed by atoms with Crippen LogP contribution < -0.4 is 16.0 Å². The van der Waals surface area contributed by atoms with E-state index in [4.69, 9.17) is 0 Å². The predicted molar refractivity (Wildman–Crippen MR) is 110 cm³/mol. The lowest BCUT2D eigenvalue weighted by Gasteiger charge is -2.11. The van der Waals surface area contributed by atoms with E-state index >= 15 is 0 Å². The van der Waals surface area contributed by atoms with Crippen LogP contribution in [0.1, 0.15) is 28.8 Å². The van der Waals surface area contributed by atoms with E-state index in [1.807, 2.05) is 31.2 Å². The summed E-state index contributed by atoms with van der Waals surface area (Å²) in [7, 11) is 0. The summed E-state index contributed by atoms with van der Waals surface area (Å²) in [6.45, 7) is 5.17. The molecule has 3 N–H and O–H groups in total. The van der Waals surface area contributed by atoms with Gasteiger partial charge in [-0.25, -0.2) is 9.97 Å². The van der Waals surface area contributed by atoms with Crippen molar-refractivity contribution in [2.45, 2.75) is 20.8 Å². The van der Waals surface area contributed by atoms with Gasteiger partial charge in [-0.2, -0.15) is 0 Å². The molecular formula is C21H21N5O2. The van der Waals surface area contributed by atoms with Gasteiger partial charge in [-0.3, -0.25) is 9.59 Å². The van der Waals surface area contributed by atoms with E-state index in [2.05, 4.69) is 25.9 Å². The number of carbonyl (C=O) groups is 2. The zero-order chi connectivity index (χ0) is 20.1. The minimum absolute atomic E-state index is 0.151. The van der Waals surface area contributed by atoms with Crippen LogP contribution >= 0.6 is 0 Å². The third-order valence-electron chi connectivity index (χ3n) is 3.94. The first-order valence-electron chi connectivity index (χ1n) is 8.78. The highest BCUT2D eigenvalue weighted by atomic mass is 16.2. The molecule has 0 radical (unpaired) electrons. The van der Waals surface area contributed by atoms with Gasteiger partial charge in [-0.05, 0) is 49.7 Å². The first kappa shape index (κ1) is 19.0. The van der Waals surface area contributed by atoms with Crippen LogP contribution in [0.4, 0.5) is 22.9 Å². The fraction of sp³-hybridized carbons (Fsp3) is 0.143. The number of nitrogens with zero attached hydrogens (tertiary/aromatic N) is 2. The number of aromatic nitrogens is 2. The molecule has 0 spiro atoms. The number of rotatable bonds is 5. The fourth-order valence-electron chi connectivity index (χ4n) is 2.63. The van der Waals surface area contributed by atoms with Crippen molar-refractivity contribution in [2.75, 3.05) is 16.0 Å². The molecule has 2 aromatic carbocycles. The molecule has 0 saturated heterocycles. The first-order chi connectivity index (χ1) is 13.4. The second-order valence-electron chi connectivity index (χ2n) is 6.34. The predicted octanol–water partition coefficient (Wildman–Crippen LogP) is 4.05. The van der Waals surface area contributed by atoms with Crippen LogP contribution in [0.15, 0.2) is 54.6 Å². The van der Waals surface area contributed by atoms with Gasteiger partial charge in [0.25, 0.3) is 5.91 Å². The number of hydrogen-bond donors (Lipinski definition) is 3. The Morgan fingerprint density at radius 2 is 1.50 bits per heavy atom. The smallest absolute Gasteiger partial charge is 0.274 e. The highest BCUT2D eigenvalue weighted by Crippen LogP contribution is 2.20. The molecule has 0 unspecified atom stereocenters. The molecule has 0 fully saturated rings. The summed E-state index contributed by atoms with van der Waals surface area (Å²) >= 11 is 0. The lowest BCUT2D eigenvalue weighted by molar-refractivity contribution is -0.114. The maximum Gasteiger partial charge on any atom is 0.274 e. The molecule has 0 aliphatic heterocycles. The minimum atomic E-state index is -0.342. The largest absolute Gasteiger partial charge is 0.340 e. The second kappa shape index (κ2) is 8.30. The Labute approximate surface area is 163 Å². The van der Waals surface area contributed by atoms with Crippen LogP contribution in [0.25, 0.3) is 0 Å². The number of amides is 2. The van der Waals surface area contributed by atoms with Gasteiger partial charge in [0.05, 0.1) is 0 Å². The Balaban J connectivity index is 1.75. The standard InChI is InChI=1S/C21H21N5O2/c1-13-6-4-5-7-18(13)26-20-12-19(22-14(2)23-20)21(28)25-17-10-8-16(9-11-17)24-15(3)27/h4-12H,1-3H3,(H,24,27)(H,25,28)(H,22,23,26). The Bertz CT molecular complexity index is 1020. The van der Waals surface area contributed by atoms with Gasteiger partial charge < -0.3 is 16.0 Å². The molecular weight excluding hydrogens is 354 g/mol. The molecule has 3 aromatic rings. The number of aryl methyl sites for hydroxylation is 2. The number of para-hydroxylation sites is 1. The maximum atomic E-state index is 12.6. The number of nitrogens with one attached hydrogen (secondary N) is 3. The average molecular weight is 375 g/mol. The van der Waals surface area contributed by atoms with E-state index in [1.54, 1.807) is 37.3 Å². The summed E-state index contributed by atoms with van der Waals surface area (Å²) in [5.74, 6) is 0.547. The molecule has 7 heteroatoms. The van der Waals surface area contributed by atoms with Crippen molar-refractivity contribution in [3.05, 3.63) is 71.7 Å². The number of carbonyl (C=O) groups excluding carboxylic acids is 2. The van der Waals surface area contributed by atoms with Crippen LogP contribution in [0.5, 0.6) is 0 Å². The van der Waals surface area contributed by atoms with E-state index in [1.165, 1.54) is 6.92 Å². The number of hydrogen-bond acceptors (Lipinski definition) is 5. The van der Waals surface area contributed by atoms with E-state index in [-0.39, 0.29) is 17.5 Å². The Hall–Kier alpha value is -3.74. The third kappa shape index (κ3) is 4.91. The second-order valence-corrected chi connectivity index (χ2v) is 6.34. The molecule has 0 saturated carbocycles.